The van der Waals surface area contributed by atoms with Gasteiger partial charge in [0, 0.05) is 17.3 Å². The fraction of sp³-hybridized carbons (Fsp3) is 0.800. The van der Waals surface area contributed by atoms with E-state index < -0.39 is 0 Å². The van der Waals surface area contributed by atoms with Gasteiger partial charge in [0.25, 0.3) is 5.91 Å². The predicted molar refractivity (Wildman–Crippen MR) is 120 cm³/mol. The third-order valence-electron chi connectivity index (χ3n) is 7.73. The van der Waals surface area contributed by atoms with Gasteiger partial charge in [-0.05, 0) is 64.7 Å². The molecule has 0 radical (unpaired) electrons. The number of carbonyl (C=O) groups excluding carboxylic acids is 2. The maximum atomic E-state index is 13.5. The van der Waals surface area contributed by atoms with Gasteiger partial charge in [0.15, 0.2) is 5.69 Å². The number of rotatable bonds is 6. The third-order valence-corrected chi connectivity index (χ3v) is 7.73. The van der Waals surface area contributed by atoms with Crippen LogP contribution in [0.5, 0.6) is 0 Å². The summed E-state index contributed by atoms with van der Waals surface area (Å²) in [5.41, 5.74) is 2.43. The van der Waals surface area contributed by atoms with Crippen LogP contribution in [0.4, 0.5) is 0 Å². The topological polar surface area (TPSA) is 73.2 Å². The monoisotopic (exact) mass is 429 g/mol. The molecule has 6 heteroatoms. The van der Waals surface area contributed by atoms with E-state index in [9.17, 15) is 9.59 Å². The molecule has 6 nitrogen and oxygen atoms in total. The lowest BCUT2D eigenvalue weighted by Gasteiger charge is -2.28. The van der Waals surface area contributed by atoms with Crippen LogP contribution in [0.15, 0.2) is 0 Å². The molecule has 1 unspecified atom stereocenters. The van der Waals surface area contributed by atoms with Crippen LogP contribution in [0.2, 0.25) is 0 Å². The molecule has 1 N–H and O–H groups in total. The maximum Gasteiger partial charge on any atom is 0.313 e. The smallest absolute Gasteiger partial charge is 0.313 e. The van der Waals surface area contributed by atoms with Gasteiger partial charge in [-0.2, -0.15) is 5.10 Å². The Labute approximate surface area is 186 Å². The molecule has 4 rings (SSSR count). The number of hydrogen-bond donors (Lipinski definition) is 1. The van der Waals surface area contributed by atoms with Gasteiger partial charge in [-0.15, -0.1) is 0 Å². The summed E-state index contributed by atoms with van der Waals surface area (Å²) in [6, 6.07) is 0.480. The number of nitrogens with zero attached hydrogens (tertiary/aromatic N) is 2. The number of fused-ring (bicyclic) bond motifs is 1. The summed E-state index contributed by atoms with van der Waals surface area (Å²) in [7, 11) is 0. The Morgan fingerprint density at radius 2 is 1.71 bits per heavy atom. The first-order valence-electron chi connectivity index (χ1n) is 12.7. The average molecular weight is 430 g/mol. The van der Waals surface area contributed by atoms with Crippen molar-refractivity contribution in [2.45, 2.75) is 115 Å². The molecule has 0 aliphatic heterocycles. The van der Waals surface area contributed by atoms with Gasteiger partial charge in [-0.25, -0.2) is 0 Å². The molecule has 0 bridgehead atoms. The van der Waals surface area contributed by atoms with Crippen LogP contribution in [-0.4, -0.2) is 34.3 Å². The maximum absolute atomic E-state index is 13.5. The highest BCUT2D eigenvalue weighted by atomic mass is 16.5. The van der Waals surface area contributed by atoms with Gasteiger partial charge in [0.2, 0.25) is 0 Å². The Morgan fingerprint density at radius 1 is 1.03 bits per heavy atom. The van der Waals surface area contributed by atoms with E-state index in [0.717, 1.165) is 43.4 Å². The lowest BCUT2D eigenvalue weighted by atomic mass is 9.83. The summed E-state index contributed by atoms with van der Waals surface area (Å²) in [4.78, 5) is 26.3. The van der Waals surface area contributed by atoms with Crippen molar-refractivity contribution in [3.05, 3.63) is 17.0 Å². The van der Waals surface area contributed by atoms with Crippen molar-refractivity contribution in [1.82, 2.24) is 15.1 Å². The van der Waals surface area contributed by atoms with E-state index in [4.69, 9.17) is 9.84 Å². The lowest BCUT2D eigenvalue weighted by molar-refractivity contribution is -0.145. The molecule has 172 valence electrons. The first-order valence-corrected chi connectivity index (χ1v) is 12.7. The quantitative estimate of drug-likeness (QED) is 0.641. The van der Waals surface area contributed by atoms with Crippen LogP contribution < -0.4 is 5.32 Å². The van der Waals surface area contributed by atoms with Crippen LogP contribution in [0, 0.1) is 5.92 Å². The number of nitrogens with one attached hydrogen (secondary N) is 1. The Hall–Kier alpha value is -1.85. The van der Waals surface area contributed by atoms with Crippen molar-refractivity contribution in [3.63, 3.8) is 0 Å². The fourth-order valence-electron chi connectivity index (χ4n) is 6.02. The second kappa shape index (κ2) is 10.2. The van der Waals surface area contributed by atoms with E-state index in [1.54, 1.807) is 0 Å². The normalized spacial score (nSPS) is 23.7. The zero-order valence-electron chi connectivity index (χ0n) is 19.3. The molecule has 0 saturated heterocycles. The van der Waals surface area contributed by atoms with E-state index in [0.29, 0.717) is 24.3 Å². The van der Waals surface area contributed by atoms with Crippen molar-refractivity contribution in [1.29, 1.82) is 0 Å². The Balaban J connectivity index is 1.64. The van der Waals surface area contributed by atoms with Crippen molar-refractivity contribution >= 4 is 11.9 Å². The molecule has 31 heavy (non-hydrogen) atoms. The zero-order chi connectivity index (χ0) is 21.8. The highest BCUT2D eigenvalue weighted by molar-refractivity contribution is 5.96. The number of ether oxygens (including phenoxy) is 1. The molecule has 0 spiro atoms. The molecular formula is C25H39N3O3. The van der Waals surface area contributed by atoms with E-state index in [1.165, 1.54) is 51.4 Å². The minimum Gasteiger partial charge on any atom is -0.466 e. The summed E-state index contributed by atoms with van der Waals surface area (Å²) >= 11 is 0. The number of esters is 1. The van der Waals surface area contributed by atoms with Crippen molar-refractivity contribution < 1.29 is 14.3 Å². The highest BCUT2D eigenvalue weighted by Gasteiger charge is 2.38. The molecule has 1 aromatic rings. The van der Waals surface area contributed by atoms with Gasteiger partial charge in [0.05, 0.1) is 18.6 Å². The fourth-order valence-corrected chi connectivity index (χ4v) is 6.02. The minimum atomic E-state index is -0.369. The van der Waals surface area contributed by atoms with Crippen molar-refractivity contribution in [3.8, 4) is 0 Å². The highest BCUT2D eigenvalue weighted by Crippen LogP contribution is 2.39. The van der Waals surface area contributed by atoms with Gasteiger partial charge >= 0.3 is 5.97 Å². The summed E-state index contributed by atoms with van der Waals surface area (Å²) in [6.07, 6.45) is 14.6. The Bertz CT molecular complexity index is 775. The van der Waals surface area contributed by atoms with E-state index in [2.05, 4.69) is 16.9 Å². The van der Waals surface area contributed by atoms with E-state index >= 15 is 0 Å². The Morgan fingerprint density at radius 3 is 2.39 bits per heavy atom. The SMILES string of the molecule is CCOC(=O)C1CCCc2c1c(C(=O)N[C@H](C)C1CCCCC1)nn2C1CCCCC1. The number of hydrogen-bond acceptors (Lipinski definition) is 4. The third kappa shape index (κ3) is 4.83. The molecule has 3 aliphatic carbocycles. The van der Waals surface area contributed by atoms with Crippen LogP contribution in [0.3, 0.4) is 0 Å². The van der Waals surface area contributed by atoms with Gasteiger partial charge in [-0.3, -0.25) is 14.3 Å². The zero-order valence-corrected chi connectivity index (χ0v) is 19.3. The van der Waals surface area contributed by atoms with Gasteiger partial charge in [0.1, 0.15) is 0 Å². The predicted octanol–water partition coefficient (Wildman–Crippen LogP) is 5.07. The van der Waals surface area contributed by atoms with Gasteiger partial charge in [-0.1, -0.05) is 38.5 Å². The molecule has 1 aromatic heterocycles. The summed E-state index contributed by atoms with van der Waals surface area (Å²) in [5, 5.41) is 8.16. The van der Waals surface area contributed by atoms with Crippen LogP contribution in [0.1, 0.15) is 125 Å². The second-order valence-corrected chi connectivity index (χ2v) is 9.80. The molecule has 3 aliphatic rings. The number of aromatic nitrogens is 2. The number of carbonyl (C=O) groups is 2. The molecule has 2 fully saturated rings. The molecule has 2 saturated carbocycles. The van der Waals surface area contributed by atoms with Crippen LogP contribution >= 0.6 is 0 Å². The van der Waals surface area contributed by atoms with Crippen molar-refractivity contribution in [2.24, 2.45) is 5.92 Å². The lowest BCUT2D eigenvalue weighted by Crippen LogP contribution is -2.39. The molecule has 2 atom stereocenters. The van der Waals surface area contributed by atoms with Crippen LogP contribution in [0.25, 0.3) is 0 Å². The van der Waals surface area contributed by atoms with E-state index in [1.807, 2.05) is 6.92 Å². The Kier molecular flexibility index (Phi) is 7.34. The summed E-state index contributed by atoms with van der Waals surface area (Å²) in [6.45, 7) is 4.33. The summed E-state index contributed by atoms with van der Waals surface area (Å²) < 4.78 is 7.52. The minimum absolute atomic E-state index is 0.111. The standard InChI is InChI=1S/C25H39N3O3/c1-3-31-25(30)20-15-10-16-21-22(20)23(27-28(21)19-13-8-5-9-14-19)24(29)26-17(2)18-11-6-4-7-12-18/h17-20H,3-16H2,1-2H3,(H,26,29)/t17-,20?/m1/s1. The largest absolute Gasteiger partial charge is 0.466 e. The van der Waals surface area contributed by atoms with Gasteiger partial charge < -0.3 is 10.1 Å². The molecular weight excluding hydrogens is 390 g/mol. The van der Waals surface area contributed by atoms with Crippen LogP contribution in [-0.2, 0) is 16.0 Å². The first-order chi connectivity index (χ1) is 15.1. The average Bonchev–Trinajstić information content (AvgIpc) is 3.20. The molecule has 1 heterocycles. The number of amides is 1. The van der Waals surface area contributed by atoms with Crippen molar-refractivity contribution in [2.75, 3.05) is 6.61 Å². The second-order valence-electron chi connectivity index (χ2n) is 9.80. The van der Waals surface area contributed by atoms with E-state index in [-0.39, 0.29) is 23.8 Å². The first kappa shape index (κ1) is 22.3. The molecule has 0 aromatic carbocycles. The summed E-state index contributed by atoms with van der Waals surface area (Å²) in [5.74, 6) is -0.150. The molecule has 1 amide bonds.